The van der Waals surface area contributed by atoms with Crippen LogP contribution in [0.1, 0.15) is 5.56 Å². The molecule has 0 amide bonds. The van der Waals surface area contributed by atoms with Crippen molar-refractivity contribution in [2.45, 2.75) is 6.54 Å². The molecule has 0 saturated heterocycles. The van der Waals surface area contributed by atoms with Crippen molar-refractivity contribution in [2.75, 3.05) is 0 Å². The molecule has 0 heterocycles. The van der Waals surface area contributed by atoms with Gasteiger partial charge in [-0.2, -0.15) is 0 Å². The van der Waals surface area contributed by atoms with Crippen LogP contribution in [0.5, 0.6) is 0 Å². The molecule has 1 aromatic rings. The van der Waals surface area contributed by atoms with Crippen LogP contribution in [0.15, 0.2) is 18.2 Å². The summed E-state index contributed by atoms with van der Waals surface area (Å²) in [5.41, 5.74) is 3.01. The van der Waals surface area contributed by atoms with E-state index in [2.05, 4.69) is 14.7 Å². The second-order valence-corrected chi connectivity index (χ2v) is 2.81. The van der Waals surface area contributed by atoms with E-state index < -0.39 is 0 Å². The molecular formula is C7H10FN2P. The van der Waals surface area contributed by atoms with E-state index in [9.17, 15) is 4.39 Å². The number of hydrazine groups is 1. The van der Waals surface area contributed by atoms with Crippen molar-refractivity contribution in [1.29, 1.82) is 0 Å². The number of nitrogens with two attached hydrogens (primary N) is 1. The van der Waals surface area contributed by atoms with Gasteiger partial charge in [-0.05, 0) is 11.4 Å². The predicted octanol–water partition coefficient (Wildman–Crippen LogP) is 0.289. The van der Waals surface area contributed by atoms with Crippen LogP contribution in [0, 0.1) is 5.82 Å². The Morgan fingerprint density at radius 1 is 1.55 bits per heavy atom. The van der Waals surface area contributed by atoms with Gasteiger partial charge in [-0.3, -0.25) is 11.3 Å². The van der Waals surface area contributed by atoms with Crippen LogP contribution < -0.4 is 16.6 Å². The van der Waals surface area contributed by atoms with Crippen LogP contribution in [-0.4, -0.2) is 0 Å². The summed E-state index contributed by atoms with van der Waals surface area (Å²) >= 11 is 0. The zero-order valence-corrected chi connectivity index (χ0v) is 7.13. The predicted molar refractivity (Wildman–Crippen MR) is 46.8 cm³/mol. The molecule has 0 fully saturated rings. The van der Waals surface area contributed by atoms with Crippen LogP contribution in [0.25, 0.3) is 0 Å². The summed E-state index contributed by atoms with van der Waals surface area (Å²) in [5, 5.41) is 0.836. The SMILES string of the molecule is NNCc1c(F)cccc1P. The molecule has 1 aromatic carbocycles. The van der Waals surface area contributed by atoms with E-state index in [1.165, 1.54) is 6.07 Å². The van der Waals surface area contributed by atoms with Gasteiger partial charge in [-0.1, -0.05) is 12.1 Å². The highest BCUT2D eigenvalue weighted by molar-refractivity contribution is 7.27. The summed E-state index contributed by atoms with van der Waals surface area (Å²) in [6, 6.07) is 4.90. The molecule has 0 aromatic heterocycles. The first kappa shape index (κ1) is 8.60. The molecule has 1 unspecified atom stereocenters. The Hall–Kier alpha value is -0.500. The fourth-order valence-corrected chi connectivity index (χ4v) is 1.21. The lowest BCUT2D eigenvalue weighted by Crippen LogP contribution is -2.24. The molecule has 0 spiro atoms. The minimum Gasteiger partial charge on any atom is -0.271 e. The Morgan fingerprint density at radius 3 is 2.82 bits per heavy atom. The van der Waals surface area contributed by atoms with Crippen molar-refractivity contribution < 1.29 is 4.39 Å². The van der Waals surface area contributed by atoms with Gasteiger partial charge >= 0.3 is 0 Å². The van der Waals surface area contributed by atoms with Crippen molar-refractivity contribution in [3.8, 4) is 0 Å². The second kappa shape index (κ2) is 3.77. The molecule has 0 bridgehead atoms. The minimum absolute atomic E-state index is 0.226. The monoisotopic (exact) mass is 172 g/mol. The van der Waals surface area contributed by atoms with Crippen LogP contribution in [0.2, 0.25) is 0 Å². The smallest absolute Gasteiger partial charge is 0.128 e. The first-order chi connectivity index (χ1) is 5.25. The summed E-state index contributed by atoms with van der Waals surface area (Å²) in [6.45, 7) is 0.353. The Bertz CT molecular complexity index is 232. The van der Waals surface area contributed by atoms with Gasteiger partial charge in [0.15, 0.2) is 0 Å². The van der Waals surface area contributed by atoms with Crippen molar-refractivity contribution in [1.82, 2.24) is 5.43 Å². The number of hydrogen-bond acceptors (Lipinski definition) is 2. The molecule has 2 nitrogen and oxygen atoms in total. The van der Waals surface area contributed by atoms with E-state index in [1.807, 2.05) is 6.07 Å². The van der Waals surface area contributed by atoms with E-state index >= 15 is 0 Å². The summed E-state index contributed by atoms with van der Waals surface area (Å²) in [6.07, 6.45) is 0. The zero-order chi connectivity index (χ0) is 8.27. The van der Waals surface area contributed by atoms with Gasteiger partial charge in [0.1, 0.15) is 5.82 Å². The van der Waals surface area contributed by atoms with Crippen LogP contribution >= 0.6 is 9.24 Å². The van der Waals surface area contributed by atoms with Gasteiger partial charge in [-0.15, -0.1) is 9.24 Å². The Kier molecular flexibility index (Phi) is 2.94. The summed E-state index contributed by atoms with van der Waals surface area (Å²) in [7, 11) is 2.46. The van der Waals surface area contributed by atoms with Crippen molar-refractivity contribution >= 4 is 14.5 Å². The first-order valence-corrected chi connectivity index (χ1v) is 3.79. The summed E-state index contributed by atoms with van der Waals surface area (Å²) in [4.78, 5) is 0. The highest BCUT2D eigenvalue weighted by Crippen LogP contribution is 2.05. The summed E-state index contributed by atoms with van der Waals surface area (Å²) < 4.78 is 12.9. The maximum atomic E-state index is 12.9. The lowest BCUT2D eigenvalue weighted by molar-refractivity contribution is 0.596. The topological polar surface area (TPSA) is 38.0 Å². The highest BCUT2D eigenvalue weighted by Gasteiger charge is 2.02. The maximum absolute atomic E-state index is 12.9. The van der Waals surface area contributed by atoms with E-state index in [1.54, 1.807) is 6.07 Å². The normalized spacial score (nSPS) is 10.1. The van der Waals surface area contributed by atoms with E-state index in [4.69, 9.17) is 5.84 Å². The fraction of sp³-hybridized carbons (Fsp3) is 0.143. The molecule has 1 atom stereocenters. The van der Waals surface area contributed by atoms with Crippen molar-refractivity contribution in [2.24, 2.45) is 5.84 Å². The lowest BCUT2D eigenvalue weighted by atomic mass is 10.2. The molecule has 4 heteroatoms. The number of benzene rings is 1. The molecule has 0 aliphatic rings. The van der Waals surface area contributed by atoms with Crippen LogP contribution in [0.4, 0.5) is 4.39 Å². The zero-order valence-electron chi connectivity index (χ0n) is 5.97. The molecule has 0 radical (unpaired) electrons. The molecule has 3 N–H and O–H groups in total. The molecule has 11 heavy (non-hydrogen) atoms. The molecule has 1 rings (SSSR count). The number of nitrogens with one attached hydrogen (secondary N) is 1. The first-order valence-electron chi connectivity index (χ1n) is 3.22. The van der Waals surface area contributed by atoms with Crippen LogP contribution in [0.3, 0.4) is 0 Å². The molecule has 0 aliphatic heterocycles. The van der Waals surface area contributed by atoms with Crippen molar-refractivity contribution in [3.63, 3.8) is 0 Å². The van der Waals surface area contributed by atoms with E-state index in [0.29, 0.717) is 12.1 Å². The van der Waals surface area contributed by atoms with E-state index in [-0.39, 0.29) is 5.82 Å². The maximum Gasteiger partial charge on any atom is 0.128 e. The number of rotatable bonds is 2. The van der Waals surface area contributed by atoms with Gasteiger partial charge in [-0.25, -0.2) is 4.39 Å². The van der Waals surface area contributed by atoms with Gasteiger partial charge in [0, 0.05) is 12.1 Å². The van der Waals surface area contributed by atoms with Gasteiger partial charge < -0.3 is 0 Å². The largest absolute Gasteiger partial charge is 0.271 e. The molecule has 60 valence electrons. The number of halogens is 1. The third-order valence-corrected chi connectivity index (χ3v) is 1.97. The van der Waals surface area contributed by atoms with Gasteiger partial charge in [0.2, 0.25) is 0 Å². The lowest BCUT2D eigenvalue weighted by Gasteiger charge is -2.04. The third kappa shape index (κ3) is 1.96. The highest BCUT2D eigenvalue weighted by atomic mass is 31.0. The van der Waals surface area contributed by atoms with Crippen molar-refractivity contribution in [3.05, 3.63) is 29.6 Å². The molecular weight excluding hydrogens is 162 g/mol. The Balaban J connectivity index is 3.00. The quantitative estimate of drug-likeness (QED) is 0.382. The van der Waals surface area contributed by atoms with Crippen LogP contribution in [-0.2, 0) is 6.54 Å². The standard InChI is InChI=1S/C7H10FN2P/c8-6-2-1-3-7(11)5(6)4-10-9/h1-3,10H,4,9,11H2. The minimum atomic E-state index is -0.226. The fourth-order valence-electron chi connectivity index (χ4n) is 0.864. The summed E-state index contributed by atoms with van der Waals surface area (Å²) in [5.74, 6) is 4.85. The van der Waals surface area contributed by atoms with E-state index in [0.717, 1.165) is 5.30 Å². The second-order valence-electron chi connectivity index (χ2n) is 2.19. The Labute approximate surface area is 67.2 Å². The molecule has 0 saturated carbocycles. The average molecular weight is 172 g/mol. The number of hydrogen-bond donors (Lipinski definition) is 2. The third-order valence-electron chi connectivity index (χ3n) is 1.43. The van der Waals surface area contributed by atoms with Gasteiger partial charge in [0.05, 0.1) is 0 Å². The Morgan fingerprint density at radius 2 is 2.27 bits per heavy atom. The van der Waals surface area contributed by atoms with Gasteiger partial charge in [0.25, 0.3) is 0 Å². The average Bonchev–Trinajstić information content (AvgIpc) is 1.97. The molecule has 0 aliphatic carbocycles.